The summed E-state index contributed by atoms with van der Waals surface area (Å²) in [5.41, 5.74) is 0. The smallest absolute Gasteiger partial charge is 1.00 e. The Morgan fingerprint density at radius 1 is 0.429 bits per heavy atom. The molecule has 0 radical (unpaired) electrons. The van der Waals surface area contributed by atoms with Gasteiger partial charge in [-0.05, 0) is 0 Å². The molecule has 0 aliphatic rings. The van der Waals surface area contributed by atoms with Crippen LogP contribution in [0.2, 0.25) is 0 Å². The molecular formula is Cs2S4W-6. The van der Waals surface area contributed by atoms with Crippen molar-refractivity contribution in [2.24, 2.45) is 0 Å². The average Bonchev–Trinajstić information content (AvgIpc) is 0. The van der Waals surface area contributed by atoms with Gasteiger partial charge in [0, 0.05) is 21.1 Å². The van der Waals surface area contributed by atoms with Crippen LogP contribution >= 0.6 is 0 Å². The second kappa shape index (κ2) is 39.8. The first-order valence-corrected chi connectivity index (χ1v) is 0. The van der Waals surface area contributed by atoms with Crippen molar-refractivity contribution in [3.8, 4) is 0 Å². The SMILES string of the molecule is [Cs+].[Cs+].[S-2].[S-2].[S-2].[S-2].[W]. The van der Waals surface area contributed by atoms with Crippen LogP contribution in [0.15, 0.2) is 0 Å². The Hall–Kier alpha value is 6.19. The fourth-order valence-corrected chi connectivity index (χ4v) is 0. The Kier molecular flexibility index (Phi) is 291. The maximum Gasteiger partial charge on any atom is 1.00 e. The normalized spacial score (nSPS) is 0. The largest absolute Gasteiger partial charge is 2.00 e. The van der Waals surface area contributed by atoms with Gasteiger partial charge in [0.2, 0.25) is 0 Å². The fourth-order valence-electron chi connectivity index (χ4n) is 0. The zero-order chi connectivity index (χ0) is 0. The van der Waals surface area contributed by atoms with Crippen LogP contribution in [-0.4, -0.2) is 0 Å². The molecule has 0 fully saturated rings. The molecule has 0 aromatic rings. The van der Waals surface area contributed by atoms with Crippen molar-refractivity contribution in [3.63, 3.8) is 0 Å². The second-order valence-corrected chi connectivity index (χ2v) is 0. The van der Waals surface area contributed by atoms with Gasteiger partial charge in [-0.15, -0.1) is 0 Å². The summed E-state index contributed by atoms with van der Waals surface area (Å²) in [5.74, 6) is 0. The Balaban J connectivity index is 0. The third-order valence-electron chi connectivity index (χ3n) is 0. The molecule has 0 atom stereocenters. The van der Waals surface area contributed by atoms with Crippen LogP contribution in [-0.2, 0) is 75.0 Å². The molecule has 0 saturated carbocycles. The van der Waals surface area contributed by atoms with Gasteiger partial charge < -0.3 is 54.0 Å². The zero-order valence-corrected chi connectivity index (χ0v) is 22.8. The number of rotatable bonds is 0. The topological polar surface area (TPSA) is 0 Å². The van der Waals surface area contributed by atoms with Crippen molar-refractivity contribution in [1.29, 1.82) is 0 Å². The van der Waals surface area contributed by atoms with Crippen molar-refractivity contribution in [1.82, 2.24) is 0 Å². The fraction of sp³-hybridized carbons (Fsp3) is 0. The second-order valence-electron chi connectivity index (χ2n) is 0. The third-order valence-corrected chi connectivity index (χ3v) is 0. The molecule has 38 valence electrons. The van der Waals surface area contributed by atoms with Crippen molar-refractivity contribution in [3.05, 3.63) is 0 Å². The number of hydrogen-bond acceptors (Lipinski definition) is 0. The minimum atomic E-state index is 0. The molecule has 0 nitrogen and oxygen atoms in total. The summed E-state index contributed by atoms with van der Waals surface area (Å²) < 4.78 is 0. The van der Waals surface area contributed by atoms with Gasteiger partial charge in [0.1, 0.15) is 0 Å². The van der Waals surface area contributed by atoms with E-state index in [2.05, 4.69) is 0 Å². The zero-order valence-electron chi connectivity index (χ0n) is 4.04. The van der Waals surface area contributed by atoms with Gasteiger partial charge in [0.15, 0.2) is 0 Å². The summed E-state index contributed by atoms with van der Waals surface area (Å²) >= 11 is 0. The van der Waals surface area contributed by atoms with Crippen LogP contribution in [0.4, 0.5) is 0 Å². The van der Waals surface area contributed by atoms with Crippen LogP contribution in [0.25, 0.3) is 0 Å². The molecule has 0 unspecified atom stereocenters. The van der Waals surface area contributed by atoms with Gasteiger partial charge in [0.25, 0.3) is 0 Å². The standard InChI is InChI=1S/2Cs.4S.W/q2*+1;4*-2;. The molecule has 0 amide bonds. The van der Waals surface area contributed by atoms with Crippen LogP contribution < -0.4 is 138 Å². The van der Waals surface area contributed by atoms with E-state index >= 15 is 0 Å². The summed E-state index contributed by atoms with van der Waals surface area (Å²) in [6, 6.07) is 0. The predicted molar refractivity (Wildman–Crippen MR) is 29.5 cm³/mol. The van der Waals surface area contributed by atoms with Crippen LogP contribution in [0.1, 0.15) is 0 Å². The van der Waals surface area contributed by atoms with E-state index in [0.29, 0.717) is 0 Å². The summed E-state index contributed by atoms with van der Waals surface area (Å²) in [7, 11) is 0. The van der Waals surface area contributed by atoms with Crippen molar-refractivity contribution in [2.45, 2.75) is 0 Å². The molecule has 7 heteroatoms. The molecule has 0 aliphatic heterocycles. The van der Waals surface area contributed by atoms with E-state index in [1.54, 1.807) is 0 Å². The third kappa shape index (κ3) is 33.0. The van der Waals surface area contributed by atoms with E-state index in [-0.39, 0.29) is 213 Å². The monoisotopic (exact) mass is 578 g/mol. The molecule has 0 heterocycles. The predicted octanol–water partition coefficient (Wildman–Crippen LogP) is -6.00. The molecule has 0 spiro atoms. The van der Waals surface area contributed by atoms with Gasteiger partial charge in [-0.25, -0.2) is 0 Å². The van der Waals surface area contributed by atoms with Gasteiger partial charge in [-0.2, -0.15) is 0 Å². The van der Waals surface area contributed by atoms with Gasteiger partial charge in [-0.3, -0.25) is 0 Å². The molecule has 7 heavy (non-hydrogen) atoms. The van der Waals surface area contributed by atoms with Crippen molar-refractivity contribution in [2.75, 3.05) is 0 Å². The van der Waals surface area contributed by atoms with E-state index in [1.807, 2.05) is 0 Å². The molecule has 0 aliphatic carbocycles. The Labute approximate surface area is 205 Å². The maximum atomic E-state index is 0. The summed E-state index contributed by atoms with van der Waals surface area (Å²) in [4.78, 5) is 0. The molecule has 0 bridgehead atoms. The molecule has 0 N–H and O–H groups in total. The van der Waals surface area contributed by atoms with E-state index in [4.69, 9.17) is 0 Å². The molecular weight excluding hydrogens is 578 g/mol. The first-order valence-electron chi connectivity index (χ1n) is 0. The molecule has 0 aromatic carbocycles. The summed E-state index contributed by atoms with van der Waals surface area (Å²) in [6.45, 7) is 0. The van der Waals surface area contributed by atoms with E-state index < -0.39 is 0 Å². The van der Waals surface area contributed by atoms with E-state index in [1.165, 1.54) is 0 Å². The van der Waals surface area contributed by atoms with Gasteiger partial charge in [0.05, 0.1) is 0 Å². The molecule has 0 saturated heterocycles. The molecule has 0 aromatic heterocycles. The van der Waals surface area contributed by atoms with Crippen LogP contribution in [0.5, 0.6) is 0 Å². The van der Waals surface area contributed by atoms with E-state index in [9.17, 15) is 0 Å². The Bertz CT molecular complexity index is 9.65. The van der Waals surface area contributed by atoms with Gasteiger partial charge >= 0.3 is 138 Å². The minimum absolute atomic E-state index is 0. The van der Waals surface area contributed by atoms with E-state index in [0.717, 1.165) is 0 Å². The first-order chi connectivity index (χ1) is 0. The summed E-state index contributed by atoms with van der Waals surface area (Å²) in [6.07, 6.45) is 0. The van der Waals surface area contributed by atoms with Crippen molar-refractivity contribution < 1.29 is 159 Å². The Morgan fingerprint density at radius 3 is 0.429 bits per heavy atom. The maximum absolute atomic E-state index is 0. The van der Waals surface area contributed by atoms with Crippen LogP contribution in [0, 0.1) is 0 Å². The summed E-state index contributed by atoms with van der Waals surface area (Å²) in [5, 5.41) is 0. The first kappa shape index (κ1) is 51.1. The van der Waals surface area contributed by atoms with Gasteiger partial charge in [-0.1, -0.05) is 0 Å². The average molecular weight is 578 g/mol. The minimum Gasteiger partial charge on any atom is -2.00 e. The Morgan fingerprint density at radius 2 is 0.429 bits per heavy atom. The number of hydrogen-bond donors (Lipinski definition) is 0. The quantitative estimate of drug-likeness (QED) is 0.269. The van der Waals surface area contributed by atoms with Crippen LogP contribution in [0.3, 0.4) is 0 Å². The molecule has 0 rings (SSSR count). The van der Waals surface area contributed by atoms with Crippen molar-refractivity contribution >= 4 is 54.0 Å².